The lowest BCUT2D eigenvalue weighted by Gasteiger charge is -2.04. The second-order valence-corrected chi connectivity index (χ2v) is 3.75. The zero-order valence-corrected chi connectivity index (χ0v) is 8.43. The highest BCUT2D eigenvalue weighted by atomic mass is 16.5. The van der Waals surface area contributed by atoms with E-state index >= 15 is 0 Å². The van der Waals surface area contributed by atoms with E-state index in [-0.39, 0.29) is 31.1 Å². The summed E-state index contributed by atoms with van der Waals surface area (Å²) in [5.74, 6) is 0.149. The number of rotatable bonds is 3. The lowest BCUT2D eigenvalue weighted by molar-refractivity contribution is -0.141. The van der Waals surface area contributed by atoms with Crippen LogP contribution in [0.2, 0.25) is 0 Å². The zero-order valence-electron chi connectivity index (χ0n) is 8.43. The summed E-state index contributed by atoms with van der Waals surface area (Å²) in [5, 5.41) is 0. The van der Waals surface area contributed by atoms with E-state index in [1.54, 1.807) is 0 Å². The molecule has 0 heterocycles. The highest BCUT2D eigenvalue weighted by Crippen LogP contribution is 2.58. The second-order valence-electron chi connectivity index (χ2n) is 3.75. The molecule has 4 heteroatoms. The highest BCUT2D eigenvalue weighted by Gasteiger charge is 2.60. The molecule has 2 aliphatic carbocycles. The van der Waals surface area contributed by atoms with Gasteiger partial charge in [-0.25, -0.2) is 0 Å². The maximum absolute atomic E-state index is 11.4. The van der Waals surface area contributed by atoms with Crippen LogP contribution in [0, 0.1) is 17.8 Å². The molecule has 1 fully saturated rings. The fraction of sp³-hybridized carbons (Fsp3) is 0.455. The van der Waals surface area contributed by atoms with E-state index in [4.69, 9.17) is 9.47 Å². The van der Waals surface area contributed by atoms with Crippen molar-refractivity contribution in [3.63, 3.8) is 0 Å². The summed E-state index contributed by atoms with van der Waals surface area (Å²) in [5.41, 5.74) is 0. The molecular formula is C11H14O4. The summed E-state index contributed by atoms with van der Waals surface area (Å²) < 4.78 is 9.72. The van der Waals surface area contributed by atoms with Gasteiger partial charge in [-0.1, -0.05) is 6.58 Å². The van der Waals surface area contributed by atoms with Crippen LogP contribution in [0.3, 0.4) is 0 Å². The molecule has 0 aromatic heterocycles. The van der Waals surface area contributed by atoms with E-state index in [1.165, 1.54) is 6.92 Å². The first kappa shape index (κ1) is 9.96. The Hall–Kier alpha value is -1.58. The quantitative estimate of drug-likeness (QED) is 0.524. The third kappa shape index (κ3) is 1.67. The zero-order chi connectivity index (χ0) is 11.0. The standard InChI is InChI=1S/C11H12O4.H2/c1-3-14-11(13)10-7-4-5-8(9(7)10)15-6(2)12;/h3,5,7,9-10H,1,4H2,2H3;1H/t7-,9-,10+;/m1./s1. The first-order chi connectivity index (χ1) is 7.15. The predicted molar refractivity (Wildman–Crippen MR) is 53.3 cm³/mol. The number of fused-ring (bicyclic) bond motifs is 1. The molecular weight excluding hydrogens is 196 g/mol. The van der Waals surface area contributed by atoms with Gasteiger partial charge >= 0.3 is 11.9 Å². The molecule has 0 unspecified atom stereocenters. The number of hydrogen-bond donors (Lipinski definition) is 0. The van der Waals surface area contributed by atoms with Crippen molar-refractivity contribution < 1.29 is 20.5 Å². The number of esters is 2. The Kier molecular flexibility index (Phi) is 2.34. The molecule has 15 heavy (non-hydrogen) atoms. The molecule has 0 N–H and O–H groups in total. The number of ether oxygens (including phenoxy) is 2. The molecule has 0 radical (unpaired) electrons. The average molecular weight is 210 g/mol. The van der Waals surface area contributed by atoms with Gasteiger partial charge in [0.25, 0.3) is 0 Å². The van der Waals surface area contributed by atoms with Crippen molar-refractivity contribution in [1.29, 1.82) is 0 Å². The van der Waals surface area contributed by atoms with Gasteiger partial charge in [0.1, 0.15) is 5.76 Å². The van der Waals surface area contributed by atoms with E-state index in [1.807, 2.05) is 6.08 Å². The molecule has 0 aliphatic heterocycles. The number of carbonyl (C=O) groups is 2. The van der Waals surface area contributed by atoms with Crippen molar-refractivity contribution in [2.45, 2.75) is 13.3 Å². The summed E-state index contributed by atoms with van der Waals surface area (Å²) in [6.45, 7) is 4.68. The fourth-order valence-electron chi connectivity index (χ4n) is 2.20. The Morgan fingerprint density at radius 2 is 2.40 bits per heavy atom. The van der Waals surface area contributed by atoms with E-state index in [9.17, 15) is 9.59 Å². The van der Waals surface area contributed by atoms with Crippen LogP contribution in [0.25, 0.3) is 0 Å². The molecule has 3 atom stereocenters. The third-order valence-corrected chi connectivity index (χ3v) is 2.82. The number of carbonyl (C=O) groups excluding carboxylic acids is 2. The summed E-state index contributed by atoms with van der Waals surface area (Å²) in [6, 6.07) is 0. The Morgan fingerprint density at radius 3 is 3.00 bits per heavy atom. The van der Waals surface area contributed by atoms with Crippen LogP contribution in [0.5, 0.6) is 0 Å². The SMILES string of the molecule is C=COC(=O)[C@H]1[C@@H]2CC=C(OC(C)=O)[C@@H]21.[HH]. The van der Waals surface area contributed by atoms with Gasteiger partial charge in [-0.2, -0.15) is 0 Å². The molecule has 0 aromatic rings. The van der Waals surface area contributed by atoms with Gasteiger partial charge in [0.15, 0.2) is 0 Å². The van der Waals surface area contributed by atoms with Gasteiger partial charge in [-0.3, -0.25) is 9.59 Å². The largest absolute Gasteiger partial charge is 0.435 e. The lowest BCUT2D eigenvalue weighted by Crippen LogP contribution is -2.08. The van der Waals surface area contributed by atoms with Crippen LogP contribution in [-0.4, -0.2) is 11.9 Å². The van der Waals surface area contributed by atoms with Gasteiger partial charge in [0.2, 0.25) is 0 Å². The Bertz CT molecular complexity index is 361. The van der Waals surface area contributed by atoms with Crippen molar-refractivity contribution in [2.24, 2.45) is 17.8 Å². The number of allylic oxidation sites excluding steroid dienone is 2. The molecule has 4 nitrogen and oxygen atoms in total. The Labute approximate surface area is 89.0 Å². The molecule has 0 saturated heterocycles. The fourth-order valence-corrected chi connectivity index (χ4v) is 2.20. The van der Waals surface area contributed by atoms with Crippen molar-refractivity contribution in [3.8, 4) is 0 Å². The van der Waals surface area contributed by atoms with Gasteiger partial charge in [0.05, 0.1) is 12.2 Å². The molecule has 1 saturated carbocycles. The smallest absolute Gasteiger partial charge is 0.314 e. The topological polar surface area (TPSA) is 52.6 Å². The van der Waals surface area contributed by atoms with E-state index < -0.39 is 0 Å². The van der Waals surface area contributed by atoms with Crippen LogP contribution in [0.15, 0.2) is 24.7 Å². The second kappa shape index (κ2) is 3.53. The van der Waals surface area contributed by atoms with Gasteiger partial charge in [-0.05, 0) is 18.4 Å². The Morgan fingerprint density at radius 1 is 1.67 bits per heavy atom. The van der Waals surface area contributed by atoms with Crippen LogP contribution in [-0.2, 0) is 19.1 Å². The molecule has 82 valence electrons. The maximum Gasteiger partial charge on any atom is 0.314 e. The van der Waals surface area contributed by atoms with Crippen LogP contribution in [0.1, 0.15) is 14.8 Å². The Balaban J connectivity index is 0.00000128. The molecule has 0 aromatic carbocycles. The normalized spacial score (nSPS) is 31.3. The maximum atomic E-state index is 11.4. The van der Waals surface area contributed by atoms with Crippen LogP contribution >= 0.6 is 0 Å². The van der Waals surface area contributed by atoms with Crippen LogP contribution in [0.4, 0.5) is 0 Å². The minimum Gasteiger partial charge on any atom is -0.435 e. The molecule has 2 aliphatic rings. The third-order valence-electron chi connectivity index (χ3n) is 2.82. The first-order valence-electron chi connectivity index (χ1n) is 4.85. The molecule has 2 rings (SSSR count). The highest BCUT2D eigenvalue weighted by molar-refractivity contribution is 5.79. The molecule has 0 bridgehead atoms. The van der Waals surface area contributed by atoms with E-state index in [0.29, 0.717) is 5.76 Å². The van der Waals surface area contributed by atoms with Crippen molar-refractivity contribution in [3.05, 3.63) is 24.7 Å². The van der Waals surface area contributed by atoms with E-state index in [0.717, 1.165) is 12.7 Å². The summed E-state index contributed by atoms with van der Waals surface area (Å²) in [4.78, 5) is 22.2. The molecule has 0 spiro atoms. The summed E-state index contributed by atoms with van der Waals surface area (Å²) >= 11 is 0. The van der Waals surface area contributed by atoms with Gasteiger partial charge in [-0.15, -0.1) is 0 Å². The van der Waals surface area contributed by atoms with Crippen molar-refractivity contribution >= 4 is 11.9 Å². The minimum atomic E-state index is -0.343. The molecule has 0 amide bonds. The van der Waals surface area contributed by atoms with Crippen LogP contribution < -0.4 is 0 Å². The minimum absolute atomic E-state index is 0. The van der Waals surface area contributed by atoms with Crippen molar-refractivity contribution in [1.82, 2.24) is 0 Å². The van der Waals surface area contributed by atoms with E-state index in [2.05, 4.69) is 6.58 Å². The summed E-state index contributed by atoms with van der Waals surface area (Å²) in [6.07, 6.45) is 3.78. The monoisotopic (exact) mass is 210 g/mol. The average Bonchev–Trinajstić information content (AvgIpc) is 2.75. The van der Waals surface area contributed by atoms with Gasteiger partial charge in [0, 0.05) is 14.3 Å². The van der Waals surface area contributed by atoms with Crippen molar-refractivity contribution in [2.75, 3.05) is 0 Å². The van der Waals surface area contributed by atoms with Gasteiger partial charge < -0.3 is 9.47 Å². The predicted octanol–water partition coefficient (Wildman–Crippen LogP) is 1.63. The number of hydrogen-bond acceptors (Lipinski definition) is 4. The summed E-state index contributed by atoms with van der Waals surface area (Å²) in [7, 11) is 0. The lowest BCUT2D eigenvalue weighted by atomic mass is 10.2. The first-order valence-corrected chi connectivity index (χ1v) is 4.85.